The summed E-state index contributed by atoms with van der Waals surface area (Å²) in [6.07, 6.45) is 1.05. The summed E-state index contributed by atoms with van der Waals surface area (Å²) < 4.78 is 2.00. The van der Waals surface area contributed by atoms with Gasteiger partial charge < -0.3 is 9.67 Å². The number of benzene rings is 1. The van der Waals surface area contributed by atoms with Crippen molar-refractivity contribution >= 4 is 17.7 Å². The minimum atomic E-state index is -0.939. The Morgan fingerprint density at radius 2 is 2.17 bits per heavy atom. The highest BCUT2D eigenvalue weighted by atomic mass is 32.2. The molecule has 0 spiro atoms. The summed E-state index contributed by atoms with van der Waals surface area (Å²) >= 11 is 1.66. The number of fused-ring (bicyclic) bond motifs is 1. The first-order valence-corrected chi connectivity index (χ1v) is 6.64. The van der Waals surface area contributed by atoms with Crippen molar-refractivity contribution in [1.82, 2.24) is 14.8 Å². The molecule has 1 aromatic heterocycles. The number of hydrogen-bond acceptors (Lipinski definition) is 4. The van der Waals surface area contributed by atoms with E-state index in [1.54, 1.807) is 30.0 Å². The Morgan fingerprint density at radius 3 is 3.00 bits per heavy atom. The molecule has 0 saturated carbocycles. The van der Waals surface area contributed by atoms with Gasteiger partial charge in [0.2, 0.25) is 0 Å². The van der Waals surface area contributed by atoms with Crippen LogP contribution in [0.2, 0.25) is 0 Å². The van der Waals surface area contributed by atoms with Crippen LogP contribution in [0.15, 0.2) is 29.4 Å². The van der Waals surface area contributed by atoms with Gasteiger partial charge in [0.1, 0.15) is 0 Å². The van der Waals surface area contributed by atoms with E-state index in [-0.39, 0.29) is 5.56 Å². The quantitative estimate of drug-likeness (QED) is 0.897. The molecule has 18 heavy (non-hydrogen) atoms. The molecule has 3 rings (SSSR count). The molecule has 1 aliphatic heterocycles. The fourth-order valence-corrected chi connectivity index (χ4v) is 2.94. The van der Waals surface area contributed by atoms with Crippen LogP contribution in [0, 0.1) is 0 Å². The smallest absolute Gasteiger partial charge is 0.336 e. The van der Waals surface area contributed by atoms with E-state index in [9.17, 15) is 9.90 Å². The van der Waals surface area contributed by atoms with Crippen molar-refractivity contribution in [3.63, 3.8) is 0 Å². The van der Waals surface area contributed by atoms with Crippen LogP contribution in [0.1, 0.15) is 16.8 Å². The zero-order valence-electron chi connectivity index (χ0n) is 9.54. The Hall–Kier alpha value is -1.82. The van der Waals surface area contributed by atoms with Crippen LogP contribution in [-0.4, -0.2) is 31.6 Å². The van der Waals surface area contributed by atoms with Crippen LogP contribution in [0.4, 0.5) is 0 Å². The minimum absolute atomic E-state index is 0.267. The number of aromatic nitrogens is 3. The minimum Gasteiger partial charge on any atom is -0.478 e. The van der Waals surface area contributed by atoms with Crippen molar-refractivity contribution in [2.75, 3.05) is 5.75 Å². The monoisotopic (exact) mass is 261 g/mol. The summed E-state index contributed by atoms with van der Waals surface area (Å²) in [6.45, 7) is 0.846. The standard InChI is InChI=1S/C12H11N3O2S/c16-11(17)9-5-2-1-4-8(9)10-13-14-12-15(10)6-3-7-18-12/h1-2,4-5H,3,6-7H2,(H,16,17). The molecule has 0 amide bonds. The van der Waals surface area contributed by atoms with Gasteiger partial charge in [-0.3, -0.25) is 0 Å². The molecule has 1 aromatic carbocycles. The molecule has 2 aromatic rings. The van der Waals surface area contributed by atoms with E-state index in [1.165, 1.54) is 0 Å². The summed E-state index contributed by atoms with van der Waals surface area (Å²) in [5, 5.41) is 18.3. The third kappa shape index (κ3) is 1.78. The highest BCUT2D eigenvalue weighted by molar-refractivity contribution is 7.99. The third-order valence-electron chi connectivity index (χ3n) is 2.87. The van der Waals surface area contributed by atoms with Crippen LogP contribution in [-0.2, 0) is 6.54 Å². The zero-order chi connectivity index (χ0) is 12.5. The van der Waals surface area contributed by atoms with Crippen LogP contribution in [0.5, 0.6) is 0 Å². The Morgan fingerprint density at radius 1 is 1.33 bits per heavy atom. The van der Waals surface area contributed by atoms with E-state index in [1.807, 2.05) is 10.6 Å². The largest absolute Gasteiger partial charge is 0.478 e. The molecule has 0 saturated heterocycles. The molecule has 1 N–H and O–H groups in total. The fraction of sp³-hybridized carbons (Fsp3) is 0.250. The topological polar surface area (TPSA) is 68.0 Å². The predicted molar refractivity (Wildman–Crippen MR) is 67.8 cm³/mol. The molecule has 5 nitrogen and oxygen atoms in total. The number of carbonyl (C=O) groups is 1. The first kappa shape index (κ1) is 11.3. The fourth-order valence-electron chi connectivity index (χ4n) is 2.05. The van der Waals surface area contributed by atoms with Gasteiger partial charge in [-0.15, -0.1) is 10.2 Å². The van der Waals surface area contributed by atoms with Crippen molar-refractivity contribution in [2.24, 2.45) is 0 Å². The second kappa shape index (κ2) is 4.45. The van der Waals surface area contributed by atoms with Gasteiger partial charge in [-0.1, -0.05) is 30.0 Å². The molecule has 0 atom stereocenters. The molecule has 0 unspecified atom stereocenters. The van der Waals surface area contributed by atoms with Gasteiger partial charge in [-0.2, -0.15) is 0 Å². The lowest BCUT2D eigenvalue weighted by atomic mass is 10.1. The van der Waals surface area contributed by atoms with E-state index in [2.05, 4.69) is 10.2 Å². The van der Waals surface area contributed by atoms with E-state index in [0.717, 1.165) is 23.9 Å². The van der Waals surface area contributed by atoms with E-state index < -0.39 is 5.97 Å². The second-order valence-corrected chi connectivity index (χ2v) is 5.07. The molecule has 92 valence electrons. The first-order chi connectivity index (χ1) is 8.77. The first-order valence-electron chi connectivity index (χ1n) is 5.66. The second-order valence-electron chi connectivity index (χ2n) is 4.01. The summed E-state index contributed by atoms with van der Waals surface area (Å²) in [6, 6.07) is 6.91. The van der Waals surface area contributed by atoms with Gasteiger partial charge in [0, 0.05) is 17.9 Å². The number of hydrogen-bond donors (Lipinski definition) is 1. The van der Waals surface area contributed by atoms with Gasteiger partial charge in [0.25, 0.3) is 0 Å². The zero-order valence-corrected chi connectivity index (χ0v) is 10.4. The third-order valence-corrected chi connectivity index (χ3v) is 3.93. The average Bonchev–Trinajstić information content (AvgIpc) is 2.82. The SMILES string of the molecule is O=C(O)c1ccccc1-c1nnc2n1CCCS2. The van der Waals surface area contributed by atoms with Crippen molar-refractivity contribution < 1.29 is 9.90 Å². The molecule has 0 fully saturated rings. The summed E-state index contributed by atoms with van der Waals surface area (Å²) in [5.74, 6) is 0.750. The Kier molecular flexibility index (Phi) is 2.79. The molecule has 1 aliphatic rings. The summed E-state index contributed by atoms with van der Waals surface area (Å²) in [5.41, 5.74) is 0.898. The van der Waals surface area contributed by atoms with Crippen LogP contribution < -0.4 is 0 Å². The van der Waals surface area contributed by atoms with Crippen LogP contribution >= 0.6 is 11.8 Å². The highest BCUT2D eigenvalue weighted by Crippen LogP contribution is 2.29. The number of thioether (sulfide) groups is 1. The molecule has 0 aliphatic carbocycles. The lowest BCUT2D eigenvalue weighted by Crippen LogP contribution is -2.10. The van der Waals surface area contributed by atoms with E-state index in [4.69, 9.17) is 0 Å². The van der Waals surface area contributed by atoms with Gasteiger partial charge in [-0.05, 0) is 12.5 Å². The van der Waals surface area contributed by atoms with E-state index >= 15 is 0 Å². The normalized spacial score (nSPS) is 14.2. The number of carboxylic acid groups (broad SMARTS) is 1. The summed E-state index contributed by atoms with van der Waals surface area (Å²) in [7, 11) is 0. The van der Waals surface area contributed by atoms with Gasteiger partial charge in [0.05, 0.1) is 5.56 Å². The van der Waals surface area contributed by atoms with Gasteiger partial charge in [-0.25, -0.2) is 4.79 Å². The Balaban J connectivity index is 2.15. The average molecular weight is 261 g/mol. The number of nitrogens with zero attached hydrogens (tertiary/aromatic N) is 3. The molecular weight excluding hydrogens is 250 g/mol. The maximum absolute atomic E-state index is 11.2. The predicted octanol–water partition coefficient (Wildman–Crippen LogP) is 2.14. The lowest BCUT2D eigenvalue weighted by molar-refractivity contribution is 0.0697. The van der Waals surface area contributed by atoms with Crippen molar-refractivity contribution in [1.29, 1.82) is 0 Å². The van der Waals surface area contributed by atoms with Crippen molar-refractivity contribution in [3.05, 3.63) is 29.8 Å². The molecule has 0 bridgehead atoms. The maximum Gasteiger partial charge on any atom is 0.336 e. The lowest BCUT2D eigenvalue weighted by Gasteiger charge is -2.14. The number of aromatic carboxylic acids is 1. The highest BCUT2D eigenvalue weighted by Gasteiger charge is 2.21. The van der Waals surface area contributed by atoms with Crippen LogP contribution in [0.25, 0.3) is 11.4 Å². The molecule has 2 heterocycles. The number of rotatable bonds is 2. The molecule has 6 heteroatoms. The Labute approximate surface area is 108 Å². The van der Waals surface area contributed by atoms with Gasteiger partial charge >= 0.3 is 5.97 Å². The van der Waals surface area contributed by atoms with Crippen molar-refractivity contribution in [3.8, 4) is 11.4 Å². The molecule has 0 radical (unpaired) electrons. The molecular formula is C12H11N3O2S. The van der Waals surface area contributed by atoms with E-state index in [0.29, 0.717) is 11.4 Å². The van der Waals surface area contributed by atoms with Crippen LogP contribution in [0.3, 0.4) is 0 Å². The Bertz CT molecular complexity index is 609. The number of carboxylic acids is 1. The maximum atomic E-state index is 11.2. The summed E-state index contributed by atoms with van der Waals surface area (Å²) in [4.78, 5) is 11.2. The van der Waals surface area contributed by atoms with Gasteiger partial charge in [0.15, 0.2) is 11.0 Å². The van der Waals surface area contributed by atoms with Crippen molar-refractivity contribution in [2.45, 2.75) is 18.1 Å².